The average molecular weight is 474 g/mol. The van der Waals surface area contributed by atoms with Crippen LogP contribution in [0, 0.1) is 0 Å². The van der Waals surface area contributed by atoms with Gasteiger partial charge < -0.3 is 30.5 Å². The molecule has 1 fully saturated rings. The number of halogens is 1. The molecule has 0 radical (unpaired) electrons. The molecule has 0 saturated carbocycles. The van der Waals surface area contributed by atoms with E-state index in [9.17, 15) is 9.59 Å². The molecule has 4 amide bonds. The van der Waals surface area contributed by atoms with Crippen molar-refractivity contribution >= 4 is 35.0 Å². The molecule has 2 aromatic carbocycles. The summed E-state index contributed by atoms with van der Waals surface area (Å²) < 4.78 is 5.24. The molecule has 3 N–H and O–H groups in total. The Kier molecular flexibility index (Phi) is 9.65. The second kappa shape index (κ2) is 12.9. The molecule has 0 aliphatic carbocycles. The summed E-state index contributed by atoms with van der Waals surface area (Å²) >= 11 is 5.87. The number of ether oxygens (including phenoxy) is 1. The lowest BCUT2D eigenvalue weighted by Gasteiger charge is -2.30. The van der Waals surface area contributed by atoms with Gasteiger partial charge in [-0.15, -0.1) is 0 Å². The number of benzene rings is 2. The van der Waals surface area contributed by atoms with Gasteiger partial charge in [0.05, 0.1) is 7.11 Å². The van der Waals surface area contributed by atoms with Crippen LogP contribution in [0.25, 0.3) is 0 Å². The Hall–Kier alpha value is -2.97. The number of urea groups is 2. The van der Waals surface area contributed by atoms with Crippen LogP contribution in [0.1, 0.15) is 19.3 Å². The van der Waals surface area contributed by atoms with Gasteiger partial charge in [-0.25, -0.2) is 9.59 Å². The van der Waals surface area contributed by atoms with Crippen molar-refractivity contribution in [3.8, 4) is 5.75 Å². The number of rotatable bonds is 9. The Morgan fingerprint density at radius 1 is 1.00 bits per heavy atom. The molecule has 1 aliphatic heterocycles. The van der Waals surface area contributed by atoms with Gasteiger partial charge in [-0.05, 0) is 62.3 Å². The third-order valence-electron chi connectivity index (χ3n) is 5.51. The topological polar surface area (TPSA) is 85.9 Å². The standard InChI is InChI=1S/C24H32ClN5O3/c1-33-22-7-5-6-21(18-22)28-24(32)30(17-16-29-13-3-2-4-14-29)15-12-26-23(31)27-20-10-8-19(25)9-11-20/h5-11,18H,2-4,12-17H2,1H3,(H,28,32)(H2,26,27,31). The fourth-order valence-electron chi connectivity index (χ4n) is 3.68. The van der Waals surface area contributed by atoms with E-state index in [0.29, 0.717) is 41.8 Å². The predicted octanol–water partition coefficient (Wildman–Crippen LogP) is 4.49. The molecule has 0 atom stereocenters. The van der Waals surface area contributed by atoms with Gasteiger partial charge in [0.2, 0.25) is 0 Å². The number of carbonyl (C=O) groups is 2. The second-order valence-corrected chi connectivity index (χ2v) is 8.38. The van der Waals surface area contributed by atoms with Crippen LogP contribution in [-0.2, 0) is 0 Å². The fraction of sp³-hybridized carbons (Fsp3) is 0.417. The zero-order valence-electron chi connectivity index (χ0n) is 19.0. The summed E-state index contributed by atoms with van der Waals surface area (Å²) in [6.07, 6.45) is 3.66. The molecule has 0 bridgehead atoms. The molecular formula is C24H32ClN5O3. The normalized spacial score (nSPS) is 13.8. The van der Waals surface area contributed by atoms with Crippen molar-refractivity contribution in [3.63, 3.8) is 0 Å². The number of carbonyl (C=O) groups excluding carboxylic acids is 2. The number of piperidine rings is 1. The largest absolute Gasteiger partial charge is 0.497 e. The monoisotopic (exact) mass is 473 g/mol. The summed E-state index contributed by atoms with van der Waals surface area (Å²) in [6.45, 7) is 4.22. The van der Waals surface area contributed by atoms with E-state index in [-0.39, 0.29) is 12.1 Å². The van der Waals surface area contributed by atoms with Crippen LogP contribution in [0.5, 0.6) is 5.75 Å². The van der Waals surface area contributed by atoms with E-state index < -0.39 is 0 Å². The predicted molar refractivity (Wildman–Crippen MR) is 132 cm³/mol. The van der Waals surface area contributed by atoms with Crippen molar-refractivity contribution < 1.29 is 14.3 Å². The maximum atomic E-state index is 13.0. The van der Waals surface area contributed by atoms with Gasteiger partial charge in [0.15, 0.2) is 0 Å². The van der Waals surface area contributed by atoms with E-state index in [4.69, 9.17) is 16.3 Å². The van der Waals surface area contributed by atoms with Gasteiger partial charge in [0.25, 0.3) is 0 Å². The molecule has 3 rings (SSSR count). The minimum absolute atomic E-state index is 0.208. The summed E-state index contributed by atoms with van der Waals surface area (Å²) in [5.41, 5.74) is 1.31. The molecule has 9 heteroatoms. The number of amides is 4. The molecule has 2 aromatic rings. The molecule has 33 heavy (non-hydrogen) atoms. The van der Waals surface area contributed by atoms with E-state index in [1.54, 1.807) is 42.3 Å². The minimum atomic E-state index is -0.332. The Morgan fingerprint density at radius 3 is 2.48 bits per heavy atom. The van der Waals surface area contributed by atoms with Crippen LogP contribution in [0.4, 0.5) is 21.0 Å². The quantitative estimate of drug-likeness (QED) is 0.501. The van der Waals surface area contributed by atoms with Gasteiger partial charge in [-0.3, -0.25) is 0 Å². The summed E-state index contributed by atoms with van der Waals surface area (Å²) in [6, 6.07) is 13.6. The Labute approximate surface area is 200 Å². The van der Waals surface area contributed by atoms with Crippen molar-refractivity contribution in [1.82, 2.24) is 15.1 Å². The summed E-state index contributed by atoms with van der Waals surface area (Å²) in [5.74, 6) is 0.674. The lowest BCUT2D eigenvalue weighted by atomic mass is 10.1. The SMILES string of the molecule is COc1cccc(NC(=O)N(CCNC(=O)Nc2ccc(Cl)cc2)CCN2CCCCC2)c1. The van der Waals surface area contributed by atoms with Crippen LogP contribution in [-0.4, -0.2) is 68.2 Å². The first-order chi connectivity index (χ1) is 16.0. The first kappa shape index (κ1) is 24.7. The molecule has 0 aromatic heterocycles. The van der Waals surface area contributed by atoms with Crippen LogP contribution in [0.3, 0.4) is 0 Å². The van der Waals surface area contributed by atoms with Gasteiger partial charge in [-0.2, -0.15) is 0 Å². The minimum Gasteiger partial charge on any atom is -0.497 e. The fourth-order valence-corrected chi connectivity index (χ4v) is 3.80. The highest BCUT2D eigenvalue weighted by atomic mass is 35.5. The second-order valence-electron chi connectivity index (χ2n) is 7.94. The number of methoxy groups -OCH3 is 1. The molecule has 8 nitrogen and oxygen atoms in total. The number of likely N-dealkylation sites (tertiary alicyclic amines) is 1. The molecule has 1 aliphatic rings. The number of nitrogens with one attached hydrogen (secondary N) is 3. The Bertz CT molecular complexity index is 903. The highest BCUT2D eigenvalue weighted by Crippen LogP contribution is 2.17. The van der Waals surface area contributed by atoms with E-state index in [1.807, 2.05) is 18.2 Å². The van der Waals surface area contributed by atoms with E-state index in [1.165, 1.54) is 19.3 Å². The van der Waals surface area contributed by atoms with Gasteiger partial charge in [0, 0.05) is 48.6 Å². The number of hydrogen-bond donors (Lipinski definition) is 3. The third kappa shape index (κ3) is 8.47. The van der Waals surface area contributed by atoms with Crippen molar-refractivity contribution in [2.24, 2.45) is 0 Å². The summed E-state index contributed by atoms with van der Waals surface area (Å²) in [4.78, 5) is 29.3. The first-order valence-corrected chi connectivity index (χ1v) is 11.6. The van der Waals surface area contributed by atoms with Crippen LogP contribution < -0.4 is 20.7 Å². The molecule has 0 spiro atoms. The van der Waals surface area contributed by atoms with Crippen molar-refractivity contribution in [3.05, 3.63) is 53.6 Å². The summed E-state index contributed by atoms with van der Waals surface area (Å²) in [7, 11) is 1.59. The molecular weight excluding hydrogens is 442 g/mol. The van der Waals surface area contributed by atoms with Crippen LogP contribution in [0.15, 0.2) is 48.5 Å². The zero-order chi connectivity index (χ0) is 23.5. The number of anilines is 2. The molecule has 178 valence electrons. The summed E-state index contributed by atoms with van der Waals surface area (Å²) in [5, 5.41) is 9.11. The van der Waals surface area contributed by atoms with E-state index in [0.717, 1.165) is 19.6 Å². The van der Waals surface area contributed by atoms with Gasteiger partial charge in [-0.1, -0.05) is 24.1 Å². The van der Waals surface area contributed by atoms with E-state index in [2.05, 4.69) is 20.9 Å². The number of hydrogen-bond acceptors (Lipinski definition) is 4. The third-order valence-corrected chi connectivity index (χ3v) is 5.76. The highest BCUT2D eigenvalue weighted by Gasteiger charge is 2.17. The molecule has 1 heterocycles. The number of nitrogens with zero attached hydrogens (tertiary/aromatic N) is 2. The molecule has 1 saturated heterocycles. The van der Waals surface area contributed by atoms with Crippen molar-refractivity contribution in [2.45, 2.75) is 19.3 Å². The van der Waals surface area contributed by atoms with Crippen LogP contribution in [0.2, 0.25) is 5.02 Å². The van der Waals surface area contributed by atoms with E-state index >= 15 is 0 Å². The lowest BCUT2D eigenvalue weighted by Crippen LogP contribution is -2.45. The highest BCUT2D eigenvalue weighted by molar-refractivity contribution is 6.30. The average Bonchev–Trinajstić information content (AvgIpc) is 2.83. The van der Waals surface area contributed by atoms with Gasteiger partial charge >= 0.3 is 12.1 Å². The Morgan fingerprint density at radius 2 is 1.76 bits per heavy atom. The van der Waals surface area contributed by atoms with Crippen molar-refractivity contribution in [2.75, 3.05) is 57.0 Å². The zero-order valence-corrected chi connectivity index (χ0v) is 19.7. The van der Waals surface area contributed by atoms with Crippen molar-refractivity contribution in [1.29, 1.82) is 0 Å². The Balaban J connectivity index is 1.53. The maximum absolute atomic E-state index is 13.0. The van der Waals surface area contributed by atoms with Gasteiger partial charge in [0.1, 0.15) is 5.75 Å². The maximum Gasteiger partial charge on any atom is 0.321 e. The molecule has 0 unspecified atom stereocenters. The smallest absolute Gasteiger partial charge is 0.321 e. The first-order valence-electron chi connectivity index (χ1n) is 11.3. The lowest BCUT2D eigenvalue weighted by molar-refractivity contribution is 0.181. The van der Waals surface area contributed by atoms with Crippen LogP contribution >= 0.6 is 11.6 Å².